The first-order valence-electron chi connectivity index (χ1n) is 7.68. The van der Waals surface area contributed by atoms with Gasteiger partial charge in [-0.1, -0.05) is 30.3 Å². The molecule has 0 aliphatic heterocycles. The van der Waals surface area contributed by atoms with Crippen LogP contribution >= 0.6 is 7.60 Å². The van der Waals surface area contributed by atoms with Gasteiger partial charge in [-0.3, -0.25) is 14.4 Å². The predicted octanol–water partition coefficient (Wildman–Crippen LogP) is 3.65. The molecule has 0 N–H and O–H groups in total. The lowest BCUT2D eigenvalue weighted by atomic mass is 10.2. The third-order valence-electron chi connectivity index (χ3n) is 2.83. The van der Waals surface area contributed by atoms with Crippen LogP contribution in [-0.2, 0) is 23.1 Å². The van der Waals surface area contributed by atoms with Crippen molar-refractivity contribution in [3.05, 3.63) is 35.9 Å². The van der Waals surface area contributed by atoms with Gasteiger partial charge in [0, 0.05) is 6.21 Å². The van der Waals surface area contributed by atoms with Gasteiger partial charge in [0.05, 0.1) is 26.2 Å². The largest absolute Gasteiger partial charge is 0.466 e. The normalized spacial score (nSPS) is 13.2. The summed E-state index contributed by atoms with van der Waals surface area (Å²) in [6.07, 6.45) is 1.41. The third-order valence-corrected chi connectivity index (χ3v) is 5.12. The van der Waals surface area contributed by atoms with Gasteiger partial charge in [0.1, 0.15) is 0 Å². The van der Waals surface area contributed by atoms with Crippen molar-refractivity contribution in [1.29, 1.82) is 0 Å². The van der Waals surface area contributed by atoms with Gasteiger partial charge < -0.3 is 13.8 Å². The van der Waals surface area contributed by atoms with E-state index in [9.17, 15) is 9.36 Å². The first-order chi connectivity index (χ1) is 11.1. The second-order valence-electron chi connectivity index (χ2n) is 4.55. The van der Waals surface area contributed by atoms with Crippen LogP contribution < -0.4 is 0 Å². The van der Waals surface area contributed by atoms with Gasteiger partial charge in [-0.05, 0) is 26.3 Å². The second-order valence-corrected chi connectivity index (χ2v) is 6.75. The molecule has 0 heterocycles. The summed E-state index contributed by atoms with van der Waals surface area (Å²) >= 11 is 0. The SMILES string of the molecule is CCOC(=O)CC(N=Cc1ccccc1)P(=O)(OCC)OCC. The highest BCUT2D eigenvalue weighted by Gasteiger charge is 2.37. The fourth-order valence-corrected chi connectivity index (χ4v) is 3.64. The number of esters is 1. The molecular weight excluding hydrogens is 317 g/mol. The average Bonchev–Trinajstić information content (AvgIpc) is 2.53. The summed E-state index contributed by atoms with van der Waals surface area (Å²) in [4.78, 5) is 16.1. The Morgan fingerprint density at radius 1 is 1.13 bits per heavy atom. The van der Waals surface area contributed by atoms with Crippen LogP contribution in [0.1, 0.15) is 32.8 Å². The number of carbonyl (C=O) groups is 1. The summed E-state index contributed by atoms with van der Waals surface area (Å²) in [6, 6.07) is 9.34. The van der Waals surface area contributed by atoms with Crippen LogP contribution in [0.4, 0.5) is 0 Å². The Morgan fingerprint density at radius 2 is 1.74 bits per heavy atom. The van der Waals surface area contributed by atoms with E-state index in [1.54, 1.807) is 27.0 Å². The van der Waals surface area contributed by atoms with Crippen molar-refractivity contribution in [3.8, 4) is 0 Å². The van der Waals surface area contributed by atoms with E-state index in [1.165, 1.54) is 0 Å². The maximum atomic E-state index is 12.9. The van der Waals surface area contributed by atoms with Crippen LogP contribution in [0, 0.1) is 0 Å². The Kier molecular flexibility index (Phi) is 8.77. The quantitative estimate of drug-likeness (QED) is 0.369. The number of rotatable bonds is 10. The Labute approximate surface area is 137 Å². The number of carbonyl (C=O) groups excluding carboxylic acids is 1. The summed E-state index contributed by atoms with van der Waals surface area (Å²) in [7, 11) is -3.54. The number of nitrogens with zero attached hydrogens (tertiary/aromatic N) is 1. The maximum Gasteiger partial charge on any atom is 0.355 e. The minimum absolute atomic E-state index is 0.158. The van der Waals surface area contributed by atoms with E-state index >= 15 is 0 Å². The molecule has 0 fully saturated rings. The molecule has 1 atom stereocenters. The molecule has 0 spiro atoms. The highest BCUT2D eigenvalue weighted by Crippen LogP contribution is 2.54. The van der Waals surface area contributed by atoms with Crippen molar-refractivity contribution in [3.63, 3.8) is 0 Å². The lowest BCUT2D eigenvalue weighted by Crippen LogP contribution is -2.18. The smallest absolute Gasteiger partial charge is 0.355 e. The molecule has 7 heteroatoms. The van der Waals surface area contributed by atoms with Crippen LogP contribution in [-0.4, -0.2) is 37.8 Å². The number of benzene rings is 1. The van der Waals surface area contributed by atoms with Crippen molar-refractivity contribution in [2.75, 3.05) is 19.8 Å². The number of hydrogen-bond acceptors (Lipinski definition) is 6. The molecule has 0 aliphatic carbocycles. The molecule has 1 aromatic rings. The summed E-state index contributed by atoms with van der Waals surface area (Å²) in [5.74, 6) is -1.41. The van der Waals surface area contributed by atoms with Crippen LogP contribution in [0.5, 0.6) is 0 Å². The summed E-state index contributed by atoms with van der Waals surface area (Å²) in [5, 5.41) is 0. The minimum Gasteiger partial charge on any atom is -0.466 e. The topological polar surface area (TPSA) is 74.2 Å². The van der Waals surface area contributed by atoms with Crippen molar-refractivity contribution >= 4 is 19.8 Å². The molecular formula is C16H24NO5P. The van der Waals surface area contributed by atoms with E-state index in [-0.39, 0.29) is 26.2 Å². The molecule has 6 nitrogen and oxygen atoms in total. The van der Waals surface area contributed by atoms with Crippen LogP contribution in [0.25, 0.3) is 0 Å². The summed E-state index contributed by atoms with van der Waals surface area (Å²) in [6.45, 7) is 5.81. The zero-order valence-corrected chi connectivity index (χ0v) is 14.7. The highest BCUT2D eigenvalue weighted by atomic mass is 31.2. The standard InChI is InChI=1S/C16H24NO5P/c1-4-20-16(18)12-15(23(19,21-5-2)22-6-3)17-13-14-10-8-7-9-11-14/h7-11,13,15H,4-6,12H2,1-3H3. The summed E-state index contributed by atoms with van der Waals surface area (Å²) in [5.41, 5.74) is 0.834. The van der Waals surface area contributed by atoms with E-state index in [0.717, 1.165) is 5.56 Å². The van der Waals surface area contributed by atoms with Gasteiger partial charge >= 0.3 is 13.6 Å². The third kappa shape index (κ3) is 6.65. The molecule has 0 radical (unpaired) electrons. The fraction of sp³-hybridized carbons (Fsp3) is 0.500. The van der Waals surface area contributed by atoms with Crippen molar-refractivity contribution < 1.29 is 23.1 Å². The molecule has 23 heavy (non-hydrogen) atoms. The lowest BCUT2D eigenvalue weighted by molar-refractivity contribution is -0.143. The molecule has 0 saturated heterocycles. The number of ether oxygens (including phenoxy) is 1. The molecule has 128 valence electrons. The number of aliphatic imine (C=N–C) groups is 1. The Morgan fingerprint density at radius 3 is 2.26 bits per heavy atom. The van der Waals surface area contributed by atoms with Crippen molar-refractivity contribution in [1.82, 2.24) is 0 Å². The molecule has 0 saturated carbocycles. The van der Waals surface area contributed by atoms with Gasteiger partial charge in [0.25, 0.3) is 0 Å². The molecule has 0 bridgehead atoms. The molecule has 1 unspecified atom stereocenters. The molecule has 1 rings (SSSR count). The Balaban J connectivity index is 3.01. The van der Waals surface area contributed by atoms with Crippen LogP contribution in [0.15, 0.2) is 35.3 Å². The summed E-state index contributed by atoms with van der Waals surface area (Å²) < 4.78 is 28.5. The first-order valence-corrected chi connectivity index (χ1v) is 9.29. The Hall–Kier alpha value is -1.49. The predicted molar refractivity (Wildman–Crippen MR) is 89.9 cm³/mol. The lowest BCUT2D eigenvalue weighted by Gasteiger charge is -2.22. The molecule has 1 aromatic carbocycles. The van der Waals surface area contributed by atoms with Gasteiger partial charge in [0.2, 0.25) is 0 Å². The van der Waals surface area contributed by atoms with Crippen molar-refractivity contribution in [2.24, 2.45) is 4.99 Å². The van der Waals surface area contributed by atoms with Crippen LogP contribution in [0.2, 0.25) is 0 Å². The van der Waals surface area contributed by atoms with Crippen LogP contribution in [0.3, 0.4) is 0 Å². The average molecular weight is 341 g/mol. The van der Waals surface area contributed by atoms with E-state index in [2.05, 4.69) is 4.99 Å². The van der Waals surface area contributed by atoms with Crippen molar-refractivity contribution in [2.45, 2.75) is 33.0 Å². The molecule has 0 amide bonds. The van der Waals surface area contributed by atoms with E-state index < -0.39 is 19.3 Å². The minimum atomic E-state index is -3.54. The zero-order chi connectivity index (χ0) is 17.1. The second kappa shape index (κ2) is 10.3. The molecule has 0 aliphatic rings. The monoisotopic (exact) mass is 341 g/mol. The van der Waals surface area contributed by atoms with E-state index in [4.69, 9.17) is 13.8 Å². The Bertz CT molecular complexity index is 537. The number of hydrogen-bond donors (Lipinski definition) is 0. The first kappa shape index (κ1) is 19.6. The maximum absolute atomic E-state index is 12.9. The van der Waals surface area contributed by atoms with E-state index in [1.807, 2.05) is 30.3 Å². The molecule has 0 aromatic heterocycles. The fourth-order valence-electron chi connectivity index (χ4n) is 1.90. The van der Waals surface area contributed by atoms with E-state index in [0.29, 0.717) is 0 Å². The van der Waals surface area contributed by atoms with Gasteiger partial charge in [0.15, 0.2) is 5.78 Å². The van der Waals surface area contributed by atoms with Gasteiger partial charge in [-0.15, -0.1) is 0 Å². The van der Waals surface area contributed by atoms with Gasteiger partial charge in [-0.25, -0.2) is 0 Å². The zero-order valence-electron chi connectivity index (χ0n) is 13.8. The highest BCUT2D eigenvalue weighted by molar-refractivity contribution is 7.54. The van der Waals surface area contributed by atoms with Gasteiger partial charge in [-0.2, -0.15) is 0 Å².